The molecule has 0 heterocycles. The third-order valence-electron chi connectivity index (χ3n) is 20.5. The number of rotatable bonds is 84. The van der Waals surface area contributed by atoms with E-state index in [9.17, 15) is 19.0 Å². The van der Waals surface area contributed by atoms with Gasteiger partial charge in [0.15, 0.2) is 6.10 Å². The number of unbranched alkanes of at least 4 members (excludes halogenated alkanes) is 66. The van der Waals surface area contributed by atoms with Crippen molar-refractivity contribution in [2.75, 3.05) is 47.5 Å². The molecule has 0 rings (SSSR count). The molecule has 0 aliphatic heterocycles. The van der Waals surface area contributed by atoms with Crippen molar-refractivity contribution in [3.63, 3.8) is 0 Å². The SMILES string of the molecule is CCCCCCCCCC/C=C\CCCCCCCCCCCCCCCCCCCCCCCCCCCCCC(=O)OC(COC(=O)CCCCCCCCCCCCCCCCCCCCCCCCC/C=C\CCCCCCCCCC)COP(=O)(O)OCC[N+](C)(C)C. The Bertz CT molecular complexity index is 1700. The molecule has 0 radical (unpaired) electrons. The van der Waals surface area contributed by atoms with E-state index in [4.69, 9.17) is 18.5 Å². The maximum atomic E-state index is 12.9. The van der Waals surface area contributed by atoms with Gasteiger partial charge in [0.2, 0.25) is 0 Å². The number of nitrogens with zero attached hydrogens (tertiary/aromatic N) is 1. The van der Waals surface area contributed by atoms with E-state index < -0.39 is 26.5 Å². The largest absolute Gasteiger partial charge is 0.472 e. The van der Waals surface area contributed by atoms with Crippen LogP contribution in [0.1, 0.15) is 476 Å². The van der Waals surface area contributed by atoms with Crippen LogP contribution in [-0.2, 0) is 32.7 Å². The van der Waals surface area contributed by atoms with Gasteiger partial charge in [-0.25, -0.2) is 4.57 Å². The Hall–Kier alpha value is -1.51. The fourth-order valence-electron chi connectivity index (χ4n) is 13.7. The highest BCUT2D eigenvalue weighted by molar-refractivity contribution is 7.47. The van der Waals surface area contributed by atoms with E-state index in [0.717, 1.165) is 38.5 Å². The Morgan fingerprint density at radius 3 is 0.755 bits per heavy atom. The van der Waals surface area contributed by atoms with Gasteiger partial charge in [-0.2, -0.15) is 0 Å². The minimum absolute atomic E-state index is 0.0365. The summed E-state index contributed by atoms with van der Waals surface area (Å²) in [5, 5.41) is 0. The molecule has 9 nitrogen and oxygen atoms in total. The van der Waals surface area contributed by atoms with E-state index in [-0.39, 0.29) is 25.6 Å². The number of quaternary nitrogens is 1. The summed E-state index contributed by atoms with van der Waals surface area (Å²) in [7, 11) is 1.51. The van der Waals surface area contributed by atoms with Gasteiger partial charge in [0.25, 0.3) is 0 Å². The van der Waals surface area contributed by atoms with Crippen molar-refractivity contribution in [3.8, 4) is 0 Å². The lowest BCUT2D eigenvalue weighted by molar-refractivity contribution is -0.870. The quantitative estimate of drug-likeness (QED) is 0.0211. The molecule has 582 valence electrons. The molecule has 0 spiro atoms. The molecule has 0 bridgehead atoms. The molecule has 98 heavy (non-hydrogen) atoms. The molecule has 10 heteroatoms. The number of hydrogen-bond acceptors (Lipinski definition) is 7. The van der Waals surface area contributed by atoms with Gasteiger partial charge < -0.3 is 18.9 Å². The summed E-state index contributed by atoms with van der Waals surface area (Å²) in [6.07, 6.45) is 104. The maximum Gasteiger partial charge on any atom is 0.472 e. The minimum Gasteiger partial charge on any atom is -0.462 e. The fraction of sp³-hybridized carbons (Fsp3) is 0.932. The summed E-state index contributed by atoms with van der Waals surface area (Å²) in [4.78, 5) is 36.0. The van der Waals surface area contributed by atoms with Crippen LogP contribution in [0.25, 0.3) is 0 Å². The minimum atomic E-state index is -4.39. The van der Waals surface area contributed by atoms with E-state index in [1.807, 2.05) is 21.1 Å². The summed E-state index contributed by atoms with van der Waals surface area (Å²) < 4.78 is 34.9. The van der Waals surface area contributed by atoms with Crippen LogP contribution >= 0.6 is 7.82 Å². The Morgan fingerprint density at radius 1 is 0.306 bits per heavy atom. The molecule has 2 atom stereocenters. The molecule has 0 aliphatic rings. The number of esters is 2. The molecular weight excluding hydrogens is 1230 g/mol. The molecule has 0 aromatic rings. The Morgan fingerprint density at radius 2 is 0.520 bits per heavy atom. The topological polar surface area (TPSA) is 108 Å². The molecule has 0 saturated carbocycles. The first-order valence-corrected chi connectivity index (χ1v) is 45.6. The summed E-state index contributed by atoms with van der Waals surface area (Å²) in [6, 6.07) is 0. The van der Waals surface area contributed by atoms with Crippen LogP contribution < -0.4 is 0 Å². The second-order valence-electron chi connectivity index (χ2n) is 31.6. The zero-order chi connectivity index (χ0) is 71.1. The molecule has 1 N–H and O–H groups in total. The van der Waals surface area contributed by atoms with E-state index in [0.29, 0.717) is 17.4 Å². The van der Waals surface area contributed by atoms with E-state index in [1.165, 1.54) is 411 Å². The smallest absolute Gasteiger partial charge is 0.462 e. The monoisotopic (exact) mass is 1400 g/mol. The van der Waals surface area contributed by atoms with Gasteiger partial charge in [0.1, 0.15) is 19.8 Å². The molecule has 0 saturated heterocycles. The third kappa shape index (κ3) is 83.4. The van der Waals surface area contributed by atoms with Crippen molar-refractivity contribution >= 4 is 19.8 Å². The lowest BCUT2D eigenvalue weighted by atomic mass is 10.0. The van der Waals surface area contributed by atoms with Crippen molar-refractivity contribution < 1.29 is 42.1 Å². The molecule has 0 aromatic carbocycles. The predicted octanol–water partition coefficient (Wildman–Crippen LogP) is 29.5. The Kier molecular flexibility index (Phi) is 78.4. The van der Waals surface area contributed by atoms with Crippen molar-refractivity contribution in [1.82, 2.24) is 0 Å². The molecule has 0 aromatic heterocycles. The summed E-state index contributed by atoms with van der Waals surface area (Å²) in [5.74, 6) is -0.766. The number of likely N-dealkylation sites (N-methyl/N-ethyl adjacent to an activating group) is 1. The number of ether oxygens (including phenoxy) is 2. The highest BCUT2D eigenvalue weighted by Gasteiger charge is 2.27. The number of carbonyl (C=O) groups excluding carboxylic acids is 2. The highest BCUT2D eigenvalue weighted by Crippen LogP contribution is 2.43. The second-order valence-corrected chi connectivity index (χ2v) is 33.1. The maximum absolute atomic E-state index is 12.9. The van der Waals surface area contributed by atoms with Crippen LogP contribution in [0.15, 0.2) is 24.3 Å². The summed E-state index contributed by atoms with van der Waals surface area (Å²) >= 11 is 0. The van der Waals surface area contributed by atoms with Gasteiger partial charge in [-0.15, -0.1) is 0 Å². The average Bonchev–Trinajstić information content (AvgIpc) is 1.23. The van der Waals surface area contributed by atoms with Gasteiger partial charge >= 0.3 is 19.8 Å². The van der Waals surface area contributed by atoms with Crippen molar-refractivity contribution in [2.24, 2.45) is 0 Å². The summed E-state index contributed by atoms with van der Waals surface area (Å²) in [6.45, 7) is 4.53. The molecule has 2 unspecified atom stereocenters. The van der Waals surface area contributed by atoms with Crippen LogP contribution in [0.3, 0.4) is 0 Å². The molecular formula is C88H173NO8P+. The van der Waals surface area contributed by atoms with Crippen LogP contribution in [-0.4, -0.2) is 74.9 Å². The highest BCUT2D eigenvalue weighted by atomic mass is 31.2. The van der Waals surface area contributed by atoms with Crippen LogP contribution in [0, 0.1) is 0 Å². The van der Waals surface area contributed by atoms with Crippen LogP contribution in [0.4, 0.5) is 0 Å². The molecule has 0 amide bonds. The van der Waals surface area contributed by atoms with E-state index >= 15 is 0 Å². The second kappa shape index (κ2) is 79.6. The number of allylic oxidation sites excluding steroid dienone is 4. The Labute approximate surface area is 612 Å². The van der Waals surface area contributed by atoms with Gasteiger partial charge in [-0.1, -0.05) is 423 Å². The molecule has 0 aliphatic carbocycles. The number of carbonyl (C=O) groups is 2. The van der Waals surface area contributed by atoms with Gasteiger partial charge in [-0.05, 0) is 64.2 Å². The van der Waals surface area contributed by atoms with Gasteiger partial charge in [0, 0.05) is 12.8 Å². The van der Waals surface area contributed by atoms with Gasteiger partial charge in [0.05, 0.1) is 27.7 Å². The number of phosphoric ester groups is 1. The first-order chi connectivity index (χ1) is 48.0. The fourth-order valence-corrected chi connectivity index (χ4v) is 14.5. The van der Waals surface area contributed by atoms with Gasteiger partial charge in [-0.3, -0.25) is 18.6 Å². The summed E-state index contributed by atoms with van der Waals surface area (Å²) in [5.41, 5.74) is 0. The van der Waals surface area contributed by atoms with Crippen molar-refractivity contribution in [3.05, 3.63) is 24.3 Å². The lowest BCUT2D eigenvalue weighted by Crippen LogP contribution is -2.37. The zero-order valence-corrected chi connectivity index (χ0v) is 67.7. The lowest BCUT2D eigenvalue weighted by Gasteiger charge is -2.24. The first kappa shape index (κ1) is 96.5. The van der Waals surface area contributed by atoms with Crippen molar-refractivity contribution in [1.29, 1.82) is 0 Å². The molecule has 0 fully saturated rings. The normalized spacial score (nSPS) is 13.0. The zero-order valence-electron chi connectivity index (χ0n) is 66.8. The first-order valence-electron chi connectivity index (χ1n) is 44.1. The standard InChI is InChI=1S/C88H172NO8P/c1-6-8-10-12-14-16-18-20-22-24-26-28-30-32-34-36-38-40-42-43-44-45-47-49-51-53-55-57-59-61-63-65-67-69-71-73-75-77-79-81-88(91)97-86(85-96-98(92,93)95-83-82-89(3,4)5)84-94-87(90)80-78-76-74-72-70-68-66-64-62-60-58-56-54-52-50-48-46-41-39-37-35-33-31-29-27-25-23-21-19-17-15-13-11-9-7-2/h24-27,86H,6-23,28-85H2,1-5H3/p+1/b26-24-,27-25-. The van der Waals surface area contributed by atoms with E-state index in [2.05, 4.69) is 38.2 Å². The van der Waals surface area contributed by atoms with E-state index in [1.54, 1.807) is 0 Å². The number of hydrogen-bond donors (Lipinski definition) is 1. The third-order valence-corrected chi connectivity index (χ3v) is 21.4. The average molecular weight is 1400 g/mol. The van der Waals surface area contributed by atoms with Crippen LogP contribution in [0.5, 0.6) is 0 Å². The van der Waals surface area contributed by atoms with Crippen LogP contribution in [0.2, 0.25) is 0 Å². The number of phosphoric acid groups is 1. The predicted molar refractivity (Wildman–Crippen MR) is 428 cm³/mol. The Balaban J connectivity index is 3.84. The van der Waals surface area contributed by atoms with Crippen molar-refractivity contribution in [2.45, 2.75) is 482 Å².